The number of carboxylic acid groups (broad SMARTS) is 1. The van der Waals surface area contributed by atoms with Gasteiger partial charge in [-0.3, -0.25) is 4.79 Å². The van der Waals surface area contributed by atoms with Crippen molar-refractivity contribution >= 4 is 34.6 Å². The van der Waals surface area contributed by atoms with Crippen molar-refractivity contribution in [1.82, 2.24) is 14.5 Å². The lowest BCUT2D eigenvalue weighted by Gasteiger charge is -2.29. The molecular weight excluding hydrogens is 503 g/mol. The van der Waals surface area contributed by atoms with Gasteiger partial charge in [0, 0.05) is 24.7 Å². The molecule has 198 valence electrons. The topological polar surface area (TPSA) is 113 Å². The molecule has 1 saturated heterocycles. The Morgan fingerprint density at radius 2 is 1.97 bits per heavy atom. The molecule has 1 fully saturated rings. The second kappa shape index (κ2) is 9.84. The zero-order chi connectivity index (χ0) is 27.0. The van der Waals surface area contributed by atoms with Crippen LogP contribution in [0.15, 0.2) is 59.3 Å². The van der Waals surface area contributed by atoms with E-state index in [9.17, 15) is 27.9 Å². The summed E-state index contributed by atoms with van der Waals surface area (Å²) in [5.41, 5.74) is -0.405. The number of carbonyl (C=O) groups is 2. The average molecular weight is 528 g/mol. The summed E-state index contributed by atoms with van der Waals surface area (Å²) in [7, 11) is 0. The number of nitrogens with one attached hydrogen (secondary N) is 1. The van der Waals surface area contributed by atoms with E-state index in [1.807, 2.05) is 6.92 Å². The maximum atomic E-state index is 13.7. The van der Waals surface area contributed by atoms with Crippen LogP contribution in [0.3, 0.4) is 0 Å². The largest absolute Gasteiger partial charge is 0.479 e. The van der Waals surface area contributed by atoms with Crippen LogP contribution in [0.2, 0.25) is 0 Å². The van der Waals surface area contributed by atoms with Gasteiger partial charge >= 0.3 is 12.1 Å². The van der Waals surface area contributed by atoms with Crippen LogP contribution in [0, 0.1) is 5.92 Å². The summed E-state index contributed by atoms with van der Waals surface area (Å²) >= 11 is 0. The number of anilines is 2. The van der Waals surface area contributed by atoms with Gasteiger partial charge in [-0.2, -0.15) is 18.2 Å². The summed E-state index contributed by atoms with van der Waals surface area (Å²) in [6.45, 7) is 2.96. The summed E-state index contributed by atoms with van der Waals surface area (Å²) in [6.07, 6.45) is -0.355. The molecule has 12 heteroatoms. The molecule has 0 aliphatic carbocycles. The third-order valence-corrected chi connectivity index (χ3v) is 6.46. The van der Waals surface area contributed by atoms with E-state index in [0.29, 0.717) is 29.7 Å². The lowest BCUT2D eigenvalue weighted by molar-refractivity contribution is -0.141. The highest BCUT2D eigenvalue weighted by molar-refractivity contribution is 6.04. The number of halogens is 3. The first-order valence-corrected chi connectivity index (χ1v) is 12.0. The molecule has 1 aliphatic rings. The zero-order valence-electron chi connectivity index (χ0n) is 20.3. The van der Waals surface area contributed by atoms with Gasteiger partial charge in [-0.25, -0.2) is 9.78 Å². The number of carboxylic acids is 1. The third-order valence-electron chi connectivity index (χ3n) is 6.46. The number of rotatable bonds is 6. The summed E-state index contributed by atoms with van der Waals surface area (Å²) in [5, 5.41) is 12.7. The zero-order valence-corrected chi connectivity index (χ0v) is 20.3. The number of carbonyl (C=O) groups excluding carboxylic acids is 1. The lowest BCUT2D eigenvalue weighted by Crippen LogP contribution is -2.34. The first kappa shape index (κ1) is 25.3. The fraction of sp³-hybridized carbons (Fsp3) is 0.308. The van der Waals surface area contributed by atoms with E-state index in [2.05, 4.69) is 15.3 Å². The van der Waals surface area contributed by atoms with Crippen molar-refractivity contribution in [3.8, 4) is 0 Å². The van der Waals surface area contributed by atoms with Crippen LogP contribution in [0.1, 0.15) is 47.6 Å². The molecule has 38 heavy (non-hydrogen) atoms. The van der Waals surface area contributed by atoms with Gasteiger partial charge in [-0.1, -0.05) is 37.3 Å². The quantitative estimate of drug-likeness (QED) is 0.354. The Labute approximate surface area is 214 Å². The molecule has 1 aromatic carbocycles. The number of pyridine rings is 1. The number of benzene rings is 1. The van der Waals surface area contributed by atoms with Gasteiger partial charge in [0.05, 0.1) is 11.9 Å². The molecule has 4 aromatic rings. The predicted molar refractivity (Wildman–Crippen MR) is 132 cm³/mol. The van der Waals surface area contributed by atoms with E-state index >= 15 is 0 Å². The number of aromatic nitrogens is 3. The Morgan fingerprint density at radius 1 is 1.21 bits per heavy atom. The monoisotopic (exact) mass is 527 g/mol. The standard InChI is InChI=1S/C26H24F3N5O4/c1-15-6-5-10-33(14-15)25-32-21(26(27,28)29)20(38-25)23(35)31-18-12-17-9-11-34(22(17)30-13-18)19(24(36)37)16-7-3-2-4-8-16/h2-4,7-9,11-13,15,19H,5-6,10,14H2,1H3,(H,31,35)(H,36,37). The van der Waals surface area contributed by atoms with Crippen molar-refractivity contribution < 1.29 is 32.3 Å². The minimum Gasteiger partial charge on any atom is -0.479 e. The summed E-state index contributed by atoms with van der Waals surface area (Å²) in [6, 6.07) is 10.4. The molecule has 0 radical (unpaired) electrons. The first-order valence-electron chi connectivity index (χ1n) is 12.0. The number of hydrogen-bond acceptors (Lipinski definition) is 6. The lowest BCUT2D eigenvalue weighted by atomic mass is 10.0. The van der Waals surface area contributed by atoms with Crippen molar-refractivity contribution in [1.29, 1.82) is 0 Å². The number of amides is 1. The van der Waals surface area contributed by atoms with E-state index in [0.717, 1.165) is 12.8 Å². The van der Waals surface area contributed by atoms with E-state index in [1.54, 1.807) is 47.5 Å². The van der Waals surface area contributed by atoms with E-state index in [4.69, 9.17) is 4.42 Å². The molecule has 0 spiro atoms. The number of hydrogen-bond donors (Lipinski definition) is 2. The molecule has 1 aliphatic heterocycles. The van der Waals surface area contributed by atoms with Crippen LogP contribution in [0.5, 0.6) is 0 Å². The van der Waals surface area contributed by atoms with Crippen molar-refractivity contribution in [2.75, 3.05) is 23.3 Å². The number of nitrogens with zero attached hydrogens (tertiary/aromatic N) is 4. The molecule has 0 bridgehead atoms. The Morgan fingerprint density at radius 3 is 2.66 bits per heavy atom. The summed E-state index contributed by atoms with van der Waals surface area (Å²) in [5.74, 6) is -2.88. The number of piperidine rings is 1. The summed E-state index contributed by atoms with van der Waals surface area (Å²) < 4.78 is 48.0. The molecule has 4 heterocycles. The minimum atomic E-state index is -4.89. The smallest absolute Gasteiger partial charge is 0.437 e. The fourth-order valence-corrected chi connectivity index (χ4v) is 4.72. The predicted octanol–water partition coefficient (Wildman–Crippen LogP) is 5.21. The molecule has 2 unspecified atom stereocenters. The van der Waals surface area contributed by atoms with Crippen LogP contribution >= 0.6 is 0 Å². The Kier molecular flexibility index (Phi) is 6.55. The van der Waals surface area contributed by atoms with Crippen LogP contribution in [0.4, 0.5) is 24.9 Å². The van der Waals surface area contributed by atoms with Gasteiger partial charge in [0.15, 0.2) is 11.7 Å². The average Bonchev–Trinajstić information content (AvgIpc) is 3.50. The normalized spacial score (nSPS) is 16.9. The maximum Gasteiger partial charge on any atom is 0.437 e. The second-order valence-electron chi connectivity index (χ2n) is 9.33. The minimum absolute atomic E-state index is 0.115. The van der Waals surface area contributed by atoms with Gasteiger partial charge in [0.1, 0.15) is 5.65 Å². The molecular formula is C26H24F3N5O4. The molecule has 2 atom stereocenters. The highest BCUT2D eigenvalue weighted by Crippen LogP contribution is 2.35. The molecule has 9 nitrogen and oxygen atoms in total. The van der Waals surface area contributed by atoms with Gasteiger partial charge in [0.2, 0.25) is 5.76 Å². The fourth-order valence-electron chi connectivity index (χ4n) is 4.72. The molecule has 2 N–H and O–H groups in total. The Balaban J connectivity index is 1.43. The van der Waals surface area contributed by atoms with Crippen molar-refractivity contribution in [3.63, 3.8) is 0 Å². The van der Waals surface area contributed by atoms with Crippen molar-refractivity contribution in [2.45, 2.75) is 32.0 Å². The first-order chi connectivity index (χ1) is 18.1. The van der Waals surface area contributed by atoms with Gasteiger partial charge in [0.25, 0.3) is 11.9 Å². The highest BCUT2D eigenvalue weighted by atomic mass is 19.4. The van der Waals surface area contributed by atoms with Gasteiger partial charge < -0.3 is 24.3 Å². The number of alkyl halides is 3. The highest BCUT2D eigenvalue weighted by Gasteiger charge is 2.42. The number of fused-ring (bicyclic) bond motifs is 1. The Hall–Kier alpha value is -4.35. The molecule has 0 saturated carbocycles. The summed E-state index contributed by atoms with van der Waals surface area (Å²) in [4.78, 5) is 34.4. The van der Waals surface area contributed by atoms with E-state index in [-0.39, 0.29) is 17.6 Å². The van der Waals surface area contributed by atoms with Gasteiger partial charge in [-0.15, -0.1) is 0 Å². The SMILES string of the molecule is CC1CCCN(c2nc(C(F)(F)F)c(C(=O)Nc3cnc4c(ccn4C(C(=O)O)c4ccccc4)c3)o2)C1. The van der Waals surface area contributed by atoms with Crippen molar-refractivity contribution in [3.05, 3.63) is 71.9 Å². The van der Waals surface area contributed by atoms with E-state index in [1.165, 1.54) is 16.8 Å². The maximum absolute atomic E-state index is 13.7. The van der Waals surface area contributed by atoms with Crippen LogP contribution in [-0.4, -0.2) is 44.6 Å². The van der Waals surface area contributed by atoms with E-state index < -0.39 is 35.5 Å². The number of aliphatic carboxylic acids is 1. The van der Waals surface area contributed by atoms with Gasteiger partial charge in [-0.05, 0) is 36.5 Å². The molecule has 5 rings (SSSR count). The molecule has 1 amide bonds. The second-order valence-corrected chi connectivity index (χ2v) is 9.33. The van der Waals surface area contributed by atoms with Crippen LogP contribution in [-0.2, 0) is 11.0 Å². The molecule has 3 aromatic heterocycles. The third kappa shape index (κ3) is 4.93. The number of oxazole rings is 1. The van der Waals surface area contributed by atoms with Crippen molar-refractivity contribution in [2.24, 2.45) is 5.92 Å². The van der Waals surface area contributed by atoms with Crippen LogP contribution in [0.25, 0.3) is 11.0 Å². The van der Waals surface area contributed by atoms with Crippen LogP contribution < -0.4 is 10.2 Å². The Bertz CT molecular complexity index is 1480.